The van der Waals surface area contributed by atoms with Gasteiger partial charge in [0, 0.05) is 19.9 Å². The van der Waals surface area contributed by atoms with Gasteiger partial charge in [0.25, 0.3) is 0 Å². The maximum absolute atomic E-state index is 11.7. The minimum Gasteiger partial charge on any atom is -0.469 e. The van der Waals surface area contributed by atoms with Crippen LogP contribution in [-0.4, -0.2) is 75.7 Å². The SMILES string of the molecule is C=CCC(C)C.C=CCOC(=O)C(C)C.CC(=O)C(C)C.CC(C)C.CC(C)C.CC(C)C.CC(C)C(=O)OCC1c2ccccc2-c2ccccc21.CC(C)C(=O)OCc1ccccc1.CC(C)Cc1ccc(CO)cc1.CC(C)Cc1ccccc1.CC(C)[Si](C)(C)C.CCC(C)C.CCCCOC(=O)C(C)C.COC(=O)C(C)C. The largest absolute Gasteiger partial charge is 0.469 e. The molecule has 0 saturated carbocycles. The molecule has 6 rings (SSSR count). The van der Waals surface area contributed by atoms with Crippen molar-refractivity contribution in [1.82, 2.24) is 0 Å². The molecule has 13 heteroatoms. The second-order valence-electron chi connectivity index (χ2n) is 36.0. The summed E-state index contributed by atoms with van der Waals surface area (Å²) >= 11 is 0. The number of methoxy groups -OCH3 is 1. The predicted molar refractivity (Wildman–Crippen MR) is 510 cm³/mol. The smallest absolute Gasteiger partial charge is 0.308 e. The number of hydrogen-bond donors (Lipinski definition) is 1. The van der Waals surface area contributed by atoms with Gasteiger partial charge in [-0.25, -0.2) is 0 Å². The Labute approximate surface area is 722 Å². The number of fused-ring (bicyclic) bond motifs is 3. The van der Waals surface area contributed by atoms with Crippen LogP contribution in [0.5, 0.6) is 0 Å². The molecule has 672 valence electrons. The van der Waals surface area contributed by atoms with Crippen LogP contribution in [-0.2, 0) is 78.5 Å². The Bertz CT molecular complexity index is 3080. The molecule has 1 N–H and O–H groups in total. The maximum atomic E-state index is 11.7. The first-order valence-corrected chi connectivity index (χ1v) is 47.2. The molecule has 0 aliphatic heterocycles. The molecule has 5 aromatic carbocycles. The normalized spacial score (nSPS) is 10.5. The number of unbranched alkanes of at least 4 members (excludes halogenated alkanes) is 1. The average Bonchev–Trinajstić information content (AvgIpc) is 1.62. The van der Waals surface area contributed by atoms with Gasteiger partial charge >= 0.3 is 29.8 Å². The van der Waals surface area contributed by atoms with E-state index in [4.69, 9.17) is 24.1 Å². The number of aliphatic hydroxyl groups is 1. The van der Waals surface area contributed by atoms with Gasteiger partial charge in [0.2, 0.25) is 0 Å². The lowest BCUT2D eigenvalue weighted by Crippen LogP contribution is -2.23. The van der Waals surface area contributed by atoms with Gasteiger partial charge < -0.3 is 28.8 Å². The zero-order chi connectivity index (χ0) is 92.5. The van der Waals surface area contributed by atoms with E-state index in [1.165, 1.54) is 53.3 Å². The molecule has 0 bridgehead atoms. The third-order valence-corrected chi connectivity index (χ3v) is 19.0. The van der Waals surface area contributed by atoms with Crippen LogP contribution in [0.1, 0.15) is 300 Å². The van der Waals surface area contributed by atoms with Crippen LogP contribution in [0, 0.1) is 76.9 Å². The molecule has 12 nitrogen and oxygen atoms in total. The van der Waals surface area contributed by atoms with Gasteiger partial charge in [0.1, 0.15) is 25.6 Å². The Kier molecular flexibility index (Phi) is 85.6. The van der Waals surface area contributed by atoms with Crippen molar-refractivity contribution in [2.45, 2.75) is 318 Å². The van der Waals surface area contributed by atoms with Gasteiger partial charge in [-0.05, 0) is 119 Å². The molecule has 0 spiro atoms. The van der Waals surface area contributed by atoms with Crippen LogP contribution >= 0.6 is 0 Å². The molecule has 0 fully saturated rings. The highest BCUT2D eigenvalue weighted by molar-refractivity contribution is 6.77. The molecule has 1 aliphatic rings. The van der Waals surface area contributed by atoms with E-state index in [1.54, 1.807) is 40.7 Å². The van der Waals surface area contributed by atoms with E-state index in [0.29, 0.717) is 32.3 Å². The first-order valence-electron chi connectivity index (χ1n) is 43.7. The molecule has 0 radical (unpaired) electrons. The van der Waals surface area contributed by atoms with Crippen molar-refractivity contribution in [3.05, 3.63) is 192 Å². The quantitative estimate of drug-likeness (QED) is 0.0204. The fourth-order valence-corrected chi connectivity index (χ4v) is 7.37. The van der Waals surface area contributed by atoms with E-state index < -0.39 is 8.07 Å². The molecule has 0 atom stereocenters. The molecule has 117 heavy (non-hydrogen) atoms. The molecule has 5 aromatic rings. The highest BCUT2D eigenvalue weighted by Crippen LogP contribution is 2.44. The highest BCUT2D eigenvalue weighted by Gasteiger charge is 2.29. The number of ketones is 1. The third kappa shape index (κ3) is 87.9. The minimum atomic E-state index is -0.735. The number of benzene rings is 5. The van der Waals surface area contributed by atoms with Gasteiger partial charge in [-0.3, -0.25) is 28.8 Å². The van der Waals surface area contributed by atoms with E-state index >= 15 is 0 Å². The third-order valence-electron chi connectivity index (χ3n) is 15.6. The molecule has 0 unspecified atom stereocenters. The molecule has 1 aliphatic carbocycles. The Morgan fingerprint density at radius 3 is 0.974 bits per heavy atom. The van der Waals surface area contributed by atoms with Crippen LogP contribution in [0.15, 0.2) is 159 Å². The van der Waals surface area contributed by atoms with Crippen LogP contribution in [0.4, 0.5) is 0 Å². The fraction of sp³-hybridized carbons (Fsp3) is 0.615. The van der Waals surface area contributed by atoms with Crippen molar-refractivity contribution in [3.8, 4) is 11.1 Å². The van der Waals surface area contributed by atoms with Crippen molar-refractivity contribution in [2.24, 2.45) is 76.9 Å². The fourth-order valence-electron chi connectivity index (χ4n) is 7.37. The Morgan fingerprint density at radius 2 is 0.709 bits per heavy atom. The second-order valence-corrected chi connectivity index (χ2v) is 41.9. The van der Waals surface area contributed by atoms with E-state index in [2.05, 4.69) is 262 Å². The summed E-state index contributed by atoms with van der Waals surface area (Å²) in [5.74, 6) is 5.41. The lowest BCUT2D eigenvalue weighted by molar-refractivity contribution is -0.149. The summed E-state index contributed by atoms with van der Waals surface area (Å²) in [5, 5.41) is 8.81. The number of ether oxygens (including phenoxy) is 5. The Balaban J connectivity index is -0.000000188. The summed E-state index contributed by atoms with van der Waals surface area (Å²) in [7, 11) is 0.657. The first kappa shape index (κ1) is 125. The topological polar surface area (TPSA) is 169 Å². The predicted octanol–water partition coefficient (Wildman–Crippen LogP) is 29.0. The Morgan fingerprint density at radius 1 is 0.402 bits per heavy atom. The summed E-state index contributed by atoms with van der Waals surface area (Å²) in [4.78, 5) is 64.7. The lowest BCUT2D eigenvalue weighted by Gasteiger charge is -2.19. The van der Waals surface area contributed by atoms with Crippen molar-refractivity contribution >= 4 is 43.7 Å². The van der Waals surface area contributed by atoms with Crippen molar-refractivity contribution in [1.29, 1.82) is 0 Å². The molecule has 0 heterocycles. The van der Waals surface area contributed by atoms with Gasteiger partial charge in [-0.15, -0.1) is 6.58 Å². The number of carbonyl (C=O) groups is 6. The van der Waals surface area contributed by atoms with Crippen LogP contribution < -0.4 is 0 Å². The number of rotatable bonds is 24. The number of aliphatic hydroxyl groups excluding tert-OH is 1. The Hall–Kier alpha value is -7.22. The van der Waals surface area contributed by atoms with E-state index in [9.17, 15) is 28.8 Å². The average molecular weight is 1650 g/mol. The summed E-state index contributed by atoms with van der Waals surface area (Å²) in [6.07, 6.45) is 10.3. The van der Waals surface area contributed by atoms with Crippen LogP contribution in [0.25, 0.3) is 11.1 Å². The highest BCUT2D eigenvalue weighted by atomic mass is 28.3. The van der Waals surface area contributed by atoms with Gasteiger partial charge in [-0.1, -0.05) is 419 Å². The standard InChI is InChI=1S/C18H18O2.C11H14O2.C11H16O.C10H14.C8H16O2.C7H12O2.C6H16Si.C6H12.C5H10O2.C5H10O.C5H12.3C4H10/c1-12(2)18(19)20-11-17-15-9-5-3-7-13(15)14-8-4-6-10-16(14)17;1-9(2)11(12)13-8-10-6-4-3-5-7-10;1-9(2)7-10-3-5-11(8-12)6-4-10;1-9(2)8-10-6-4-3-5-7-10;1-4-5-6-10-8(9)7(2)3;1-4-5-9-7(8)6(2)3;1-6(2)7(3,4)5;1-4-5-6(2)3;1-4(2)5(6)7-3;1-4(2)5(3)6;1-4-5(2)3;3*1-4(2)3/h3-10,12,17H,11H2,1-2H3;3-7,9H,8H2,1-2H3;3-6,9,12H,7-8H2,1-2H3;3-7,9H,8H2,1-2H3;7H,4-6H2,1-3H3;4,6H,1,5H2,2-3H3;6H,1-5H3;4,6H,1,5H2,2-3H3;4H,1-3H3;4H,1-3H3;5H,4H2,1-3H3;3*4H,1-3H3. The van der Waals surface area contributed by atoms with Crippen molar-refractivity contribution in [3.63, 3.8) is 0 Å². The van der Waals surface area contributed by atoms with Crippen molar-refractivity contribution < 1.29 is 57.6 Å². The second kappa shape index (κ2) is 79.9. The van der Waals surface area contributed by atoms with Gasteiger partial charge in [0.15, 0.2) is 0 Å². The lowest BCUT2D eigenvalue weighted by atomic mass is 9.98. The zero-order valence-corrected chi connectivity index (χ0v) is 83.1. The van der Waals surface area contributed by atoms with Gasteiger partial charge in [0.05, 0.1) is 49.9 Å². The minimum absolute atomic E-state index is 0.00463. The number of hydrogen-bond acceptors (Lipinski definition) is 12. The number of Topliss-reactive ketones (excluding diaryl/α,β-unsaturated/α-hetero) is 1. The van der Waals surface area contributed by atoms with E-state index in [0.717, 1.165) is 77.9 Å². The molecular weight excluding hydrogens is 1470 g/mol. The van der Waals surface area contributed by atoms with Gasteiger partial charge in [-0.2, -0.15) is 0 Å². The van der Waals surface area contributed by atoms with E-state index in [1.807, 2.05) is 116 Å². The number of carbonyl (C=O) groups excluding carboxylic acids is 6. The summed E-state index contributed by atoms with van der Waals surface area (Å²) in [6, 6.07) is 45.2. The molecule has 0 amide bonds. The van der Waals surface area contributed by atoms with Crippen molar-refractivity contribution in [2.75, 3.05) is 26.9 Å². The van der Waals surface area contributed by atoms with Crippen LogP contribution in [0.2, 0.25) is 25.2 Å². The molecular formula is C104H180O12Si. The number of esters is 5. The molecule has 0 aromatic heterocycles. The first-order chi connectivity index (χ1) is 54.3. The van der Waals surface area contributed by atoms with Crippen LogP contribution in [0.3, 0.4) is 0 Å². The zero-order valence-electron chi connectivity index (χ0n) is 82.1. The summed E-state index contributed by atoms with van der Waals surface area (Å²) in [6.45, 7) is 85.8. The number of allylic oxidation sites excluding steroid dienone is 1. The monoisotopic (exact) mass is 1650 g/mol. The van der Waals surface area contributed by atoms with E-state index in [-0.39, 0.29) is 83.7 Å². The molecule has 0 saturated heterocycles. The maximum Gasteiger partial charge on any atom is 0.308 e. The summed E-state index contributed by atoms with van der Waals surface area (Å²) < 4.78 is 24.5. The summed E-state index contributed by atoms with van der Waals surface area (Å²) in [5.41, 5.74) is 10.8.